The first-order chi connectivity index (χ1) is 9.63. The summed E-state index contributed by atoms with van der Waals surface area (Å²) in [5.41, 5.74) is 2.07. The van der Waals surface area contributed by atoms with Gasteiger partial charge in [-0.05, 0) is 48.6 Å². The highest BCUT2D eigenvalue weighted by Crippen LogP contribution is 2.40. The zero-order valence-corrected chi connectivity index (χ0v) is 12.3. The summed E-state index contributed by atoms with van der Waals surface area (Å²) in [6.45, 7) is 0. The Balaban J connectivity index is 1.61. The van der Waals surface area contributed by atoms with Gasteiger partial charge in [0.25, 0.3) is 0 Å². The molecule has 1 fully saturated rings. The summed E-state index contributed by atoms with van der Waals surface area (Å²) in [4.78, 5) is 0. The fourth-order valence-electron chi connectivity index (χ4n) is 2.58. The topological polar surface area (TPSA) is 12.0 Å². The quantitative estimate of drug-likeness (QED) is 0.790. The standard InChI is InChI=1S/C16H14Cl2FN/c17-14-2-1-3-15(16(14)18)20-13-8-11(9-13)10-4-6-12(19)7-5-10/h1-7,11,13,20H,8-9H2. The summed E-state index contributed by atoms with van der Waals surface area (Å²) in [7, 11) is 0. The number of rotatable bonds is 3. The van der Waals surface area contributed by atoms with E-state index in [-0.39, 0.29) is 5.82 Å². The summed E-state index contributed by atoms with van der Waals surface area (Å²) < 4.78 is 12.9. The third-order valence-corrected chi connectivity index (χ3v) is 4.61. The molecule has 2 aromatic carbocycles. The Labute approximate surface area is 127 Å². The van der Waals surface area contributed by atoms with Crippen molar-refractivity contribution in [3.63, 3.8) is 0 Å². The molecule has 0 radical (unpaired) electrons. The Kier molecular flexibility index (Phi) is 3.86. The molecule has 0 aromatic heterocycles. The number of nitrogens with one attached hydrogen (secondary N) is 1. The molecule has 0 bridgehead atoms. The first-order valence-corrected chi connectivity index (χ1v) is 7.35. The Morgan fingerprint density at radius 1 is 1.00 bits per heavy atom. The summed E-state index contributed by atoms with van der Waals surface area (Å²) in [6.07, 6.45) is 2.04. The zero-order valence-electron chi connectivity index (χ0n) is 10.7. The second kappa shape index (κ2) is 5.63. The fraction of sp³-hybridized carbons (Fsp3) is 0.250. The van der Waals surface area contributed by atoms with Crippen LogP contribution in [0.1, 0.15) is 24.3 Å². The van der Waals surface area contributed by atoms with Crippen LogP contribution in [0.2, 0.25) is 10.0 Å². The molecule has 2 aromatic rings. The number of benzene rings is 2. The van der Waals surface area contributed by atoms with Gasteiger partial charge < -0.3 is 5.32 Å². The van der Waals surface area contributed by atoms with E-state index < -0.39 is 0 Å². The maximum absolute atomic E-state index is 12.9. The van der Waals surface area contributed by atoms with Gasteiger partial charge in [0, 0.05) is 6.04 Å². The molecule has 0 amide bonds. The lowest BCUT2D eigenvalue weighted by Crippen LogP contribution is -2.34. The van der Waals surface area contributed by atoms with Gasteiger partial charge in [-0.3, -0.25) is 0 Å². The van der Waals surface area contributed by atoms with Crippen molar-refractivity contribution in [2.75, 3.05) is 5.32 Å². The van der Waals surface area contributed by atoms with E-state index in [0.29, 0.717) is 22.0 Å². The van der Waals surface area contributed by atoms with Gasteiger partial charge in [0.15, 0.2) is 0 Å². The Hall–Kier alpha value is -1.25. The van der Waals surface area contributed by atoms with Crippen molar-refractivity contribution in [3.05, 3.63) is 63.9 Å². The highest BCUT2D eigenvalue weighted by atomic mass is 35.5. The fourth-order valence-corrected chi connectivity index (χ4v) is 2.93. The van der Waals surface area contributed by atoms with Gasteiger partial charge in [-0.1, -0.05) is 41.4 Å². The van der Waals surface area contributed by atoms with E-state index in [4.69, 9.17) is 23.2 Å². The largest absolute Gasteiger partial charge is 0.381 e. The van der Waals surface area contributed by atoms with E-state index in [1.807, 2.05) is 24.3 Å². The average molecular weight is 310 g/mol. The molecule has 4 heteroatoms. The first kappa shape index (κ1) is 13.7. The van der Waals surface area contributed by atoms with Gasteiger partial charge in [-0.25, -0.2) is 4.39 Å². The molecule has 0 aliphatic heterocycles. The molecule has 1 aliphatic carbocycles. The lowest BCUT2D eigenvalue weighted by molar-refractivity contribution is 0.374. The van der Waals surface area contributed by atoms with Gasteiger partial charge in [-0.15, -0.1) is 0 Å². The monoisotopic (exact) mass is 309 g/mol. The number of hydrogen-bond donors (Lipinski definition) is 1. The molecule has 0 unspecified atom stereocenters. The van der Waals surface area contributed by atoms with Gasteiger partial charge in [0.05, 0.1) is 15.7 Å². The van der Waals surface area contributed by atoms with Crippen LogP contribution in [0.25, 0.3) is 0 Å². The van der Waals surface area contributed by atoms with Crippen molar-refractivity contribution in [1.82, 2.24) is 0 Å². The van der Waals surface area contributed by atoms with Gasteiger partial charge in [0.2, 0.25) is 0 Å². The third kappa shape index (κ3) is 2.77. The van der Waals surface area contributed by atoms with Gasteiger partial charge in [0.1, 0.15) is 5.82 Å². The highest BCUT2D eigenvalue weighted by molar-refractivity contribution is 6.43. The van der Waals surface area contributed by atoms with Crippen molar-refractivity contribution in [2.45, 2.75) is 24.8 Å². The lowest BCUT2D eigenvalue weighted by atomic mass is 9.76. The maximum Gasteiger partial charge on any atom is 0.123 e. The van der Waals surface area contributed by atoms with Crippen LogP contribution in [-0.2, 0) is 0 Å². The van der Waals surface area contributed by atoms with Crippen LogP contribution >= 0.6 is 23.2 Å². The van der Waals surface area contributed by atoms with Crippen molar-refractivity contribution < 1.29 is 4.39 Å². The van der Waals surface area contributed by atoms with Crippen molar-refractivity contribution >= 4 is 28.9 Å². The minimum Gasteiger partial charge on any atom is -0.381 e. The minimum atomic E-state index is -0.187. The SMILES string of the molecule is Fc1ccc(C2CC(Nc3cccc(Cl)c3Cl)C2)cc1. The maximum atomic E-state index is 12.9. The molecule has 3 rings (SSSR count). The molecular weight excluding hydrogens is 296 g/mol. The van der Waals surface area contributed by atoms with Crippen LogP contribution in [0.3, 0.4) is 0 Å². The molecular formula is C16H14Cl2FN. The molecule has 1 N–H and O–H groups in total. The predicted molar refractivity (Wildman–Crippen MR) is 82.2 cm³/mol. The molecule has 20 heavy (non-hydrogen) atoms. The second-order valence-corrected chi connectivity index (χ2v) is 5.95. The Bertz CT molecular complexity index is 606. The Morgan fingerprint density at radius 3 is 2.40 bits per heavy atom. The summed E-state index contributed by atoms with van der Waals surface area (Å²) in [6, 6.07) is 12.7. The van der Waals surface area contributed by atoms with Crippen LogP contribution in [-0.4, -0.2) is 6.04 Å². The van der Waals surface area contributed by atoms with Crippen molar-refractivity contribution in [1.29, 1.82) is 0 Å². The average Bonchev–Trinajstić information content (AvgIpc) is 2.39. The molecule has 0 saturated heterocycles. The van der Waals surface area contributed by atoms with E-state index in [2.05, 4.69) is 5.32 Å². The second-order valence-electron chi connectivity index (χ2n) is 5.16. The molecule has 104 valence electrons. The third-order valence-electron chi connectivity index (χ3n) is 3.79. The molecule has 0 heterocycles. The van der Waals surface area contributed by atoms with Crippen LogP contribution in [0.5, 0.6) is 0 Å². The van der Waals surface area contributed by atoms with Crippen molar-refractivity contribution in [3.8, 4) is 0 Å². The molecule has 0 atom stereocenters. The normalized spacial score (nSPS) is 21.4. The summed E-state index contributed by atoms with van der Waals surface area (Å²) in [5, 5.41) is 4.54. The van der Waals surface area contributed by atoms with E-state index >= 15 is 0 Å². The first-order valence-electron chi connectivity index (χ1n) is 6.59. The summed E-state index contributed by atoms with van der Waals surface area (Å²) in [5.74, 6) is 0.305. The number of hydrogen-bond acceptors (Lipinski definition) is 1. The zero-order chi connectivity index (χ0) is 14.1. The van der Waals surface area contributed by atoms with Gasteiger partial charge in [-0.2, -0.15) is 0 Å². The van der Waals surface area contributed by atoms with Crippen LogP contribution in [0.4, 0.5) is 10.1 Å². The highest BCUT2D eigenvalue weighted by Gasteiger charge is 2.30. The minimum absolute atomic E-state index is 0.187. The van der Waals surface area contributed by atoms with E-state index in [1.54, 1.807) is 6.07 Å². The van der Waals surface area contributed by atoms with Crippen LogP contribution < -0.4 is 5.32 Å². The molecule has 1 aliphatic rings. The van der Waals surface area contributed by atoms with E-state index in [0.717, 1.165) is 18.5 Å². The molecule has 1 nitrogen and oxygen atoms in total. The smallest absolute Gasteiger partial charge is 0.123 e. The van der Waals surface area contributed by atoms with E-state index in [9.17, 15) is 4.39 Å². The van der Waals surface area contributed by atoms with Crippen LogP contribution in [0.15, 0.2) is 42.5 Å². The lowest BCUT2D eigenvalue weighted by Gasteiger charge is -2.37. The molecule has 1 saturated carbocycles. The molecule has 0 spiro atoms. The predicted octanol–water partition coefficient (Wildman–Crippen LogP) is 5.49. The number of halogens is 3. The summed E-state index contributed by atoms with van der Waals surface area (Å²) >= 11 is 12.1. The number of anilines is 1. The van der Waals surface area contributed by atoms with Gasteiger partial charge >= 0.3 is 0 Å². The van der Waals surface area contributed by atoms with Crippen molar-refractivity contribution in [2.24, 2.45) is 0 Å². The van der Waals surface area contributed by atoms with E-state index in [1.165, 1.54) is 17.7 Å². The van der Waals surface area contributed by atoms with Crippen LogP contribution in [0, 0.1) is 5.82 Å². The Morgan fingerprint density at radius 2 is 1.70 bits per heavy atom.